The zero-order chi connectivity index (χ0) is 17.4. The number of fused-ring (bicyclic) bond motifs is 1. The molecule has 1 aliphatic carbocycles. The summed E-state index contributed by atoms with van der Waals surface area (Å²) in [5.41, 5.74) is 1.87. The van der Waals surface area contributed by atoms with Crippen molar-refractivity contribution in [1.29, 1.82) is 0 Å². The van der Waals surface area contributed by atoms with Crippen LogP contribution < -0.4 is 5.32 Å². The van der Waals surface area contributed by atoms with Crippen molar-refractivity contribution >= 4 is 34.4 Å². The van der Waals surface area contributed by atoms with Crippen LogP contribution in [0, 0.1) is 5.92 Å². The largest absolute Gasteiger partial charge is 0.360 e. The molecule has 0 unspecified atom stereocenters. The van der Waals surface area contributed by atoms with Crippen molar-refractivity contribution in [3.05, 3.63) is 35.0 Å². The Labute approximate surface area is 159 Å². The Bertz CT molecular complexity index is 810. The Morgan fingerprint density at radius 2 is 1.92 bits per heavy atom. The second kappa shape index (κ2) is 7.70. The monoisotopic (exact) mass is 375 g/mol. The number of aromatic nitrogens is 1. The third-order valence-corrected chi connectivity index (χ3v) is 5.76. The van der Waals surface area contributed by atoms with Crippen molar-refractivity contribution in [3.63, 3.8) is 0 Å². The molecule has 1 aromatic heterocycles. The lowest BCUT2D eigenvalue weighted by Gasteiger charge is -2.25. The number of carbonyl (C=O) groups excluding carboxylic acids is 2. The van der Waals surface area contributed by atoms with E-state index in [9.17, 15) is 9.59 Å². The second-order valence-corrected chi connectivity index (χ2v) is 7.54. The summed E-state index contributed by atoms with van der Waals surface area (Å²) < 4.78 is 0. The van der Waals surface area contributed by atoms with Gasteiger partial charge in [-0.1, -0.05) is 50.4 Å². The van der Waals surface area contributed by atoms with Crippen LogP contribution in [0.5, 0.6) is 0 Å². The van der Waals surface area contributed by atoms with E-state index in [0.717, 1.165) is 29.3 Å². The molecular weight excluding hydrogens is 350 g/mol. The summed E-state index contributed by atoms with van der Waals surface area (Å²) in [5, 5.41) is 4.51. The van der Waals surface area contributed by atoms with Gasteiger partial charge in [-0.2, -0.15) is 0 Å². The van der Waals surface area contributed by atoms with Gasteiger partial charge in [0.25, 0.3) is 5.91 Å². The maximum Gasteiger partial charge on any atom is 0.324 e. The van der Waals surface area contributed by atoms with Gasteiger partial charge < -0.3 is 10.3 Å². The SMILES string of the molecule is C.O=C1N[C@H](Cc2c[nH]c3c(Cl)cccc23)C(=O)N1CC1CCCCC1. The molecule has 2 heterocycles. The topological polar surface area (TPSA) is 65.2 Å². The van der Waals surface area contributed by atoms with Crippen LogP contribution in [-0.2, 0) is 11.2 Å². The van der Waals surface area contributed by atoms with Gasteiger partial charge in [0, 0.05) is 24.5 Å². The Balaban J connectivity index is 0.00000196. The fourth-order valence-corrected chi connectivity index (χ4v) is 4.31. The van der Waals surface area contributed by atoms with Crippen LogP contribution in [0.25, 0.3) is 10.9 Å². The fourth-order valence-electron chi connectivity index (χ4n) is 4.08. The van der Waals surface area contributed by atoms with Crippen LogP contribution in [0.3, 0.4) is 0 Å². The number of rotatable bonds is 4. The Morgan fingerprint density at radius 1 is 1.15 bits per heavy atom. The Morgan fingerprint density at radius 3 is 2.69 bits per heavy atom. The summed E-state index contributed by atoms with van der Waals surface area (Å²) in [6.07, 6.45) is 8.25. The molecular formula is C20H26ClN3O2. The number of halogens is 1. The first-order valence-corrected chi connectivity index (χ1v) is 9.37. The maximum absolute atomic E-state index is 12.7. The molecule has 0 spiro atoms. The molecule has 1 saturated heterocycles. The number of carbonyl (C=O) groups is 2. The van der Waals surface area contributed by atoms with Crippen LogP contribution in [0.4, 0.5) is 4.79 Å². The number of imide groups is 1. The van der Waals surface area contributed by atoms with Crippen LogP contribution in [-0.4, -0.2) is 34.4 Å². The van der Waals surface area contributed by atoms with Crippen LogP contribution in [0.1, 0.15) is 45.1 Å². The molecule has 0 bridgehead atoms. The summed E-state index contributed by atoms with van der Waals surface area (Å²) in [7, 11) is 0. The van der Waals surface area contributed by atoms with Gasteiger partial charge in [0.2, 0.25) is 0 Å². The number of nitrogens with zero attached hydrogens (tertiary/aromatic N) is 1. The summed E-state index contributed by atoms with van der Waals surface area (Å²) in [5.74, 6) is 0.348. The van der Waals surface area contributed by atoms with Crippen molar-refractivity contribution in [1.82, 2.24) is 15.2 Å². The first-order chi connectivity index (χ1) is 12.1. The minimum Gasteiger partial charge on any atom is -0.360 e. The first kappa shape index (κ1) is 18.8. The van der Waals surface area contributed by atoms with Crippen molar-refractivity contribution < 1.29 is 9.59 Å². The molecule has 2 fully saturated rings. The molecule has 140 valence electrons. The first-order valence-electron chi connectivity index (χ1n) is 9.00. The van der Waals surface area contributed by atoms with Crippen molar-refractivity contribution in [2.45, 2.75) is 52.0 Å². The van der Waals surface area contributed by atoms with Gasteiger partial charge >= 0.3 is 6.03 Å². The minimum atomic E-state index is -0.492. The average Bonchev–Trinajstić information content (AvgIpc) is 3.14. The zero-order valence-electron chi connectivity index (χ0n) is 14.1. The molecule has 1 atom stereocenters. The number of hydrogen-bond acceptors (Lipinski definition) is 2. The third-order valence-electron chi connectivity index (χ3n) is 5.45. The second-order valence-electron chi connectivity index (χ2n) is 7.14. The smallest absolute Gasteiger partial charge is 0.324 e. The van der Waals surface area contributed by atoms with E-state index in [2.05, 4.69) is 10.3 Å². The van der Waals surface area contributed by atoms with Crippen molar-refractivity contribution in [3.8, 4) is 0 Å². The van der Waals surface area contributed by atoms with Gasteiger partial charge in [-0.3, -0.25) is 9.69 Å². The van der Waals surface area contributed by atoms with Gasteiger partial charge in [-0.25, -0.2) is 4.79 Å². The lowest BCUT2D eigenvalue weighted by Crippen LogP contribution is -2.36. The Kier molecular flexibility index (Phi) is 5.56. The number of H-pyrrole nitrogens is 1. The molecule has 26 heavy (non-hydrogen) atoms. The number of urea groups is 1. The van der Waals surface area contributed by atoms with E-state index >= 15 is 0 Å². The zero-order valence-corrected chi connectivity index (χ0v) is 14.8. The highest BCUT2D eigenvalue weighted by atomic mass is 35.5. The van der Waals surface area contributed by atoms with Gasteiger partial charge in [0.1, 0.15) is 6.04 Å². The number of hydrogen-bond donors (Lipinski definition) is 2. The molecule has 5 nitrogen and oxygen atoms in total. The molecule has 2 N–H and O–H groups in total. The molecule has 0 radical (unpaired) electrons. The highest BCUT2D eigenvalue weighted by molar-refractivity contribution is 6.35. The minimum absolute atomic E-state index is 0. The molecule has 2 aliphatic rings. The molecule has 1 aromatic carbocycles. The number of benzene rings is 1. The van der Waals surface area contributed by atoms with E-state index in [4.69, 9.17) is 11.6 Å². The van der Waals surface area contributed by atoms with Gasteiger partial charge in [-0.05, 0) is 30.4 Å². The van der Waals surface area contributed by atoms with E-state index < -0.39 is 6.04 Å². The van der Waals surface area contributed by atoms with E-state index in [-0.39, 0.29) is 19.4 Å². The highest BCUT2D eigenvalue weighted by Crippen LogP contribution is 2.28. The van der Waals surface area contributed by atoms with Gasteiger partial charge in [0.15, 0.2) is 0 Å². The van der Waals surface area contributed by atoms with Crippen LogP contribution in [0.2, 0.25) is 5.02 Å². The molecule has 1 aliphatic heterocycles. The van der Waals surface area contributed by atoms with Gasteiger partial charge in [-0.15, -0.1) is 0 Å². The predicted molar refractivity (Wildman–Crippen MR) is 104 cm³/mol. The lowest BCUT2D eigenvalue weighted by atomic mass is 9.89. The Hall–Kier alpha value is -2.01. The number of amides is 3. The van der Waals surface area contributed by atoms with E-state index in [0.29, 0.717) is 23.9 Å². The van der Waals surface area contributed by atoms with E-state index in [1.807, 2.05) is 24.4 Å². The molecule has 1 saturated carbocycles. The molecule has 2 aromatic rings. The normalized spacial score (nSPS) is 21.1. The lowest BCUT2D eigenvalue weighted by molar-refractivity contribution is -0.128. The highest BCUT2D eigenvalue weighted by Gasteiger charge is 2.39. The quantitative estimate of drug-likeness (QED) is 0.772. The average molecular weight is 376 g/mol. The number of para-hydroxylation sites is 1. The number of aromatic amines is 1. The van der Waals surface area contributed by atoms with E-state index in [1.165, 1.54) is 24.2 Å². The molecule has 3 amide bonds. The maximum atomic E-state index is 12.7. The summed E-state index contributed by atoms with van der Waals surface area (Å²) in [6.45, 7) is 0.556. The third kappa shape index (κ3) is 3.45. The summed E-state index contributed by atoms with van der Waals surface area (Å²) >= 11 is 6.19. The molecule has 4 rings (SSSR count). The van der Waals surface area contributed by atoms with Crippen LogP contribution in [0.15, 0.2) is 24.4 Å². The van der Waals surface area contributed by atoms with E-state index in [1.54, 1.807) is 0 Å². The predicted octanol–water partition coefficient (Wildman–Crippen LogP) is 4.50. The fraction of sp³-hybridized carbons (Fsp3) is 0.500. The van der Waals surface area contributed by atoms with Crippen LogP contribution >= 0.6 is 11.6 Å². The summed E-state index contributed by atoms with van der Waals surface area (Å²) in [6, 6.07) is 4.96. The van der Waals surface area contributed by atoms with Gasteiger partial charge in [0.05, 0.1) is 10.5 Å². The summed E-state index contributed by atoms with van der Waals surface area (Å²) in [4.78, 5) is 29.6. The molecule has 6 heteroatoms. The van der Waals surface area contributed by atoms with Crippen molar-refractivity contribution in [2.24, 2.45) is 5.92 Å². The van der Waals surface area contributed by atoms with Crippen molar-refractivity contribution in [2.75, 3.05) is 6.54 Å². The standard InChI is InChI=1S/C19H22ClN3O2.CH4/c20-15-8-4-7-14-13(10-21-17(14)15)9-16-18(24)23(19(25)22-16)11-12-5-2-1-3-6-12;/h4,7-8,10,12,16,21H,1-3,5-6,9,11H2,(H,22,25);1H4/t16-;/m1./s1. The number of nitrogens with one attached hydrogen (secondary N) is 2.